The van der Waals surface area contributed by atoms with Gasteiger partial charge in [-0.2, -0.15) is 15.0 Å². The first-order chi connectivity index (χ1) is 9.58. The van der Waals surface area contributed by atoms with Crippen molar-refractivity contribution in [3.05, 3.63) is 33.0 Å². The average Bonchev–Trinajstić information content (AvgIpc) is 2.39. The van der Waals surface area contributed by atoms with Crippen LogP contribution in [0.15, 0.2) is 22.7 Å². The minimum Gasteiger partial charge on any atom is -0.423 e. The molecule has 0 aliphatic carbocycles. The number of halogens is 3. The zero-order valence-corrected chi connectivity index (χ0v) is 13.6. The Morgan fingerprint density at radius 1 is 1.25 bits per heavy atom. The lowest BCUT2D eigenvalue weighted by Gasteiger charge is -2.08. The van der Waals surface area contributed by atoms with E-state index < -0.39 is 0 Å². The van der Waals surface area contributed by atoms with Gasteiger partial charge in [-0.15, -0.1) is 0 Å². The van der Waals surface area contributed by atoms with Crippen molar-refractivity contribution >= 4 is 45.1 Å². The molecule has 0 unspecified atom stereocenters. The third-order valence-corrected chi connectivity index (χ3v) is 3.17. The third kappa shape index (κ3) is 4.19. The van der Waals surface area contributed by atoms with Crippen LogP contribution in [0.25, 0.3) is 0 Å². The first-order valence-corrected chi connectivity index (χ1v) is 7.41. The van der Waals surface area contributed by atoms with Gasteiger partial charge in [0, 0.05) is 11.0 Å². The lowest BCUT2D eigenvalue weighted by Crippen LogP contribution is -2.06. The molecular formula is C12H11BrCl2N4O. The van der Waals surface area contributed by atoms with Crippen LogP contribution < -0.4 is 10.1 Å². The summed E-state index contributed by atoms with van der Waals surface area (Å²) in [6, 6.07) is 5.33. The van der Waals surface area contributed by atoms with Crippen LogP contribution in [-0.2, 0) is 0 Å². The second-order valence-corrected chi connectivity index (χ2v) is 5.48. The second kappa shape index (κ2) is 7.06. The average molecular weight is 378 g/mol. The van der Waals surface area contributed by atoms with E-state index >= 15 is 0 Å². The van der Waals surface area contributed by atoms with Crippen molar-refractivity contribution < 1.29 is 4.74 Å². The van der Waals surface area contributed by atoms with Crippen LogP contribution in [0.3, 0.4) is 0 Å². The molecule has 0 saturated carbocycles. The Balaban J connectivity index is 2.21. The van der Waals surface area contributed by atoms with E-state index in [0.717, 1.165) is 17.4 Å². The van der Waals surface area contributed by atoms with Gasteiger partial charge in [0.1, 0.15) is 5.75 Å². The first kappa shape index (κ1) is 15.3. The third-order valence-electron chi connectivity index (χ3n) is 2.22. The molecular weight excluding hydrogens is 367 g/mol. The lowest BCUT2D eigenvalue weighted by atomic mass is 10.3. The van der Waals surface area contributed by atoms with Crippen molar-refractivity contribution in [3.8, 4) is 11.8 Å². The van der Waals surface area contributed by atoms with E-state index in [0.29, 0.717) is 16.7 Å². The van der Waals surface area contributed by atoms with E-state index in [1.807, 2.05) is 6.92 Å². The molecule has 20 heavy (non-hydrogen) atoms. The summed E-state index contributed by atoms with van der Waals surface area (Å²) in [6.07, 6.45) is 0.942. The minimum absolute atomic E-state index is 0.0573. The van der Waals surface area contributed by atoms with Crippen LogP contribution in [0, 0.1) is 0 Å². The highest BCUT2D eigenvalue weighted by Gasteiger charge is 2.09. The predicted molar refractivity (Wildman–Crippen MR) is 82.8 cm³/mol. The number of hydrogen-bond donors (Lipinski definition) is 1. The Morgan fingerprint density at radius 3 is 2.75 bits per heavy atom. The number of rotatable bonds is 5. The van der Waals surface area contributed by atoms with Crippen LogP contribution in [-0.4, -0.2) is 21.5 Å². The van der Waals surface area contributed by atoms with Crippen LogP contribution in [0.2, 0.25) is 10.3 Å². The number of hydrogen-bond acceptors (Lipinski definition) is 5. The molecule has 0 saturated heterocycles. The van der Waals surface area contributed by atoms with Gasteiger partial charge in [0.25, 0.3) is 0 Å². The molecule has 2 aromatic rings. The quantitative estimate of drug-likeness (QED) is 0.827. The predicted octanol–water partition coefficient (Wildman–Crippen LogP) is 4.56. The summed E-state index contributed by atoms with van der Waals surface area (Å²) < 4.78 is 6.38. The van der Waals surface area contributed by atoms with Gasteiger partial charge in [0.05, 0.1) is 5.02 Å². The van der Waals surface area contributed by atoms with E-state index in [-0.39, 0.29) is 11.3 Å². The molecule has 2 rings (SSSR count). The van der Waals surface area contributed by atoms with Crippen LogP contribution in [0.4, 0.5) is 5.95 Å². The summed E-state index contributed by atoms with van der Waals surface area (Å²) in [4.78, 5) is 12.0. The normalized spacial score (nSPS) is 10.4. The van der Waals surface area contributed by atoms with E-state index in [1.165, 1.54) is 0 Å². The molecule has 5 nitrogen and oxygen atoms in total. The summed E-state index contributed by atoms with van der Waals surface area (Å²) >= 11 is 15.2. The molecule has 0 spiro atoms. The monoisotopic (exact) mass is 376 g/mol. The molecule has 106 valence electrons. The molecule has 0 radical (unpaired) electrons. The number of aromatic nitrogens is 3. The summed E-state index contributed by atoms with van der Waals surface area (Å²) in [5.74, 6) is 0.814. The zero-order chi connectivity index (χ0) is 14.5. The van der Waals surface area contributed by atoms with Gasteiger partial charge in [0.15, 0.2) is 0 Å². The first-order valence-electron chi connectivity index (χ1n) is 5.87. The maximum absolute atomic E-state index is 6.07. The smallest absolute Gasteiger partial charge is 0.328 e. The molecule has 0 atom stereocenters. The van der Waals surface area contributed by atoms with Crippen molar-refractivity contribution in [2.75, 3.05) is 11.9 Å². The maximum Gasteiger partial charge on any atom is 0.328 e. The van der Waals surface area contributed by atoms with Gasteiger partial charge < -0.3 is 10.1 Å². The number of nitrogens with one attached hydrogen (secondary N) is 1. The van der Waals surface area contributed by atoms with Gasteiger partial charge in [-0.05, 0) is 36.2 Å². The Hall–Kier alpha value is -1.11. The molecule has 8 heteroatoms. The van der Waals surface area contributed by atoms with E-state index in [9.17, 15) is 0 Å². The van der Waals surface area contributed by atoms with E-state index in [1.54, 1.807) is 18.2 Å². The van der Waals surface area contributed by atoms with Crippen molar-refractivity contribution in [2.45, 2.75) is 13.3 Å². The molecule has 1 N–H and O–H groups in total. The van der Waals surface area contributed by atoms with Gasteiger partial charge >= 0.3 is 6.01 Å². The fourth-order valence-corrected chi connectivity index (χ4v) is 2.21. The lowest BCUT2D eigenvalue weighted by molar-refractivity contribution is 0.440. The minimum atomic E-state index is 0.0573. The summed E-state index contributed by atoms with van der Waals surface area (Å²) in [5.41, 5.74) is 0. The highest BCUT2D eigenvalue weighted by molar-refractivity contribution is 9.10. The maximum atomic E-state index is 6.07. The summed E-state index contributed by atoms with van der Waals surface area (Å²) in [7, 11) is 0. The Morgan fingerprint density at radius 2 is 2.05 bits per heavy atom. The Kier molecular flexibility index (Phi) is 5.39. The SMILES string of the molecule is CCCNc1nc(Cl)nc(Oc2ccc(Br)cc2Cl)n1. The largest absolute Gasteiger partial charge is 0.423 e. The number of ether oxygens (including phenoxy) is 1. The number of benzene rings is 1. The number of anilines is 1. The van der Waals surface area contributed by atoms with Crippen molar-refractivity contribution in [1.29, 1.82) is 0 Å². The highest BCUT2D eigenvalue weighted by atomic mass is 79.9. The van der Waals surface area contributed by atoms with Crippen LogP contribution in [0.1, 0.15) is 13.3 Å². The Bertz CT molecular complexity index is 612. The van der Waals surface area contributed by atoms with Crippen molar-refractivity contribution in [2.24, 2.45) is 0 Å². The fourth-order valence-electron chi connectivity index (χ4n) is 1.35. The van der Waals surface area contributed by atoms with Gasteiger partial charge in [-0.25, -0.2) is 0 Å². The highest BCUT2D eigenvalue weighted by Crippen LogP contribution is 2.30. The zero-order valence-electron chi connectivity index (χ0n) is 10.5. The van der Waals surface area contributed by atoms with E-state index in [2.05, 4.69) is 36.2 Å². The second-order valence-electron chi connectivity index (χ2n) is 3.81. The summed E-state index contributed by atoms with van der Waals surface area (Å²) in [5, 5.41) is 3.52. The molecule has 1 aromatic carbocycles. The van der Waals surface area contributed by atoms with Crippen LogP contribution in [0.5, 0.6) is 11.8 Å². The van der Waals surface area contributed by atoms with Crippen LogP contribution >= 0.6 is 39.1 Å². The van der Waals surface area contributed by atoms with Gasteiger partial charge in [0.2, 0.25) is 11.2 Å². The standard InChI is InChI=1S/C12H11BrCl2N4O/c1-2-5-16-11-17-10(15)18-12(19-11)20-9-4-3-7(13)6-8(9)14/h3-4,6H,2,5H2,1H3,(H,16,17,18,19). The molecule has 0 fully saturated rings. The molecule has 0 aliphatic rings. The molecule has 0 aliphatic heterocycles. The molecule has 1 aromatic heterocycles. The number of nitrogens with zero attached hydrogens (tertiary/aromatic N) is 3. The molecule has 0 bridgehead atoms. The molecule has 1 heterocycles. The van der Waals surface area contributed by atoms with Crippen molar-refractivity contribution in [3.63, 3.8) is 0 Å². The molecule has 0 amide bonds. The Labute approximate surface area is 134 Å². The summed E-state index contributed by atoms with van der Waals surface area (Å²) in [6.45, 7) is 2.77. The topological polar surface area (TPSA) is 59.9 Å². The van der Waals surface area contributed by atoms with Gasteiger partial charge in [-0.1, -0.05) is 34.5 Å². The van der Waals surface area contributed by atoms with Gasteiger partial charge in [-0.3, -0.25) is 0 Å². The van der Waals surface area contributed by atoms with E-state index in [4.69, 9.17) is 27.9 Å². The van der Waals surface area contributed by atoms with Crippen molar-refractivity contribution in [1.82, 2.24) is 15.0 Å². The fraction of sp³-hybridized carbons (Fsp3) is 0.250.